The highest BCUT2D eigenvalue weighted by Crippen LogP contribution is 2.23. The molecular weight excluding hydrogens is 456 g/mol. The van der Waals surface area contributed by atoms with Crippen molar-refractivity contribution in [2.75, 3.05) is 37.4 Å². The zero-order chi connectivity index (χ0) is 23.9. The van der Waals surface area contributed by atoms with Gasteiger partial charge in [-0.1, -0.05) is 30.0 Å². The summed E-state index contributed by atoms with van der Waals surface area (Å²) in [4.78, 5) is 26.8. The van der Waals surface area contributed by atoms with E-state index in [4.69, 9.17) is 13.9 Å². The molecule has 10 heteroatoms. The van der Waals surface area contributed by atoms with Crippen LogP contribution in [-0.4, -0.2) is 59.0 Å². The van der Waals surface area contributed by atoms with E-state index in [0.717, 1.165) is 28.6 Å². The lowest BCUT2D eigenvalue weighted by atomic mass is 10.1. The van der Waals surface area contributed by atoms with Crippen molar-refractivity contribution in [3.05, 3.63) is 65.0 Å². The first-order valence-electron chi connectivity index (χ1n) is 10.9. The van der Waals surface area contributed by atoms with Gasteiger partial charge in [-0.3, -0.25) is 9.59 Å². The lowest BCUT2D eigenvalue weighted by molar-refractivity contribution is -0.113. The molecule has 1 aromatic heterocycles. The number of ether oxygens (including phenoxy) is 2. The van der Waals surface area contributed by atoms with E-state index in [2.05, 4.69) is 15.5 Å². The van der Waals surface area contributed by atoms with Gasteiger partial charge in [-0.2, -0.15) is 0 Å². The van der Waals surface area contributed by atoms with Gasteiger partial charge in [-0.05, 0) is 49.2 Å². The summed E-state index contributed by atoms with van der Waals surface area (Å²) < 4.78 is 16.6. The van der Waals surface area contributed by atoms with Gasteiger partial charge in [0.15, 0.2) is 6.61 Å². The minimum Gasteiger partial charge on any atom is -0.484 e. The molecule has 9 nitrogen and oxygen atoms in total. The molecule has 0 radical (unpaired) electrons. The number of nitrogens with zero attached hydrogens (tertiary/aromatic N) is 3. The molecule has 1 fully saturated rings. The molecule has 3 aromatic rings. The summed E-state index contributed by atoms with van der Waals surface area (Å²) in [6.45, 7) is 6.36. The van der Waals surface area contributed by atoms with E-state index in [9.17, 15) is 9.59 Å². The number of thioether (sulfide) groups is 1. The van der Waals surface area contributed by atoms with E-state index < -0.39 is 0 Å². The number of anilines is 1. The lowest BCUT2D eigenvalue weighted by Gasteiger charge is -2.27. The van der Waals surface area contributed by atoms with Crippen LogP contribution in [0.1, 0.15) is 27.4 Å². The quantitative estimate of drug-likeness (QED) is 0.487. The van der Waals surface area contributed by atoms with Crippen LogP contribution in [0.4, 0.5) is 5.69 Å². The van der Waals surface area contributed by atoms with E-state index in [1.165, 1.54) is 0 Å². The summed E-state index contributed by atoms with van der Waals surface area (Å²) in [6, 6.07) is 12.7. The van der Waals surface area contributed by atoms with E-state index >= 15 is 0 Å². The Labute approximate surface area is 201 Å². The predicted octanol–water partition coefficient (Wildman–Crippen LogP) is 3.47. The predicted molar refractivity (Wildman–Crippen MR) is 127 cm³/mol. The van der Waals surface area contributed by atoms with Crippen LogP contribution >= 0.6 is 11.8 Å². The molecule has 1 N–H and O–H groups in total. The molecule has 1 saturated heterocycles. The number of aryl methyl sites for hydroxylation is 1. The molecule has 0 spiro atoms. The number of hydrogen-bond donors (Lipinski definition) is 1. The molecule has 2 amide bonds. The Balaban J connectivity index is 1.26. The highest BCUT2D eigenvalue weighted by molar-refractivity contribution is 7.99. The zero-order valence-corrected chi connectivity index (χ0v) is 19.9. The molecule has 1 aliphatic rings. The second-order valence-electron chi connectivity index (χ2n) is 7.77. The summed E-state index contributed by atoms with van der Waals surface area (Å²) >= 11 is 1.13. The average Bonchev–Trinajstić information content (AvgIpc) is 3.32. The Kier molecular flexibility index (Phi) is 7.81. The summed E-state index contributed by atoms with van der Waals surface area (Å²) in [5.74, 6) is 0.864. The third kappa shape index (κ3) is 6.15. The van der Waals surface area contributed by atoms with Crippen molar-refractivity contribution in [2.45, 2.75) is 25.7 Å². The molecule has 2 heterocycles. The van der Waals surface area contributed by atoms with Crippen molar-refractivity contribution in [1.82, 2.24) is 15.1 Å². The van der Waals surface area contributed by atoms with E-state index in [0.29, 0.717) is 43.4 Å². The highest BCUT2D eigenvalue weighted by atomic mass is 32.2. The van der Waals surface area contributed by atoms with Crippen molar-refractivity contribution in [3.63, 3.8) is 0 Å². The Bertz CT molecular complexity index is 1160. The zero-order valence-electron chi connectivity index (χ0n) is 19.1. The summed E-state index contributed by atoms with van der Waals surface area (Å²) in [5.41, 5.74) is 3.28. The number of morpholine rings is 1. The van der Waals surface area contributed by atoms with Crippen LogP contribution in [0.15, 0.2) is 52.1 Å². The van der Waals surface area contributed by atoms with Crippen LogP contribution in [0.5, 0.6) is 5.75 Å². The van der Waals surface area contributed by atoms with Crippen LogP contribution < -0.4 is 10.1 Å². The van der Waals surface area contributed by atoms with E-state index in [-0.39, 0.29) is 29.4 Å². The third-order valence-electron chi connectivity index (χ3n) is 5.37. The van der Waals surface area contributed by atoms with Gasteiger partial charge in [0.25, 0.3) is 17.0 Å². The number of rotatable bonds is 8. The number of aromatic nitrogens is 2. The van der Waals surface area contributed by atoms with Gasteiger partial charge in [0.1, 0.15) is 5.75 Å². The van der Waals surface area contributed by atoms with Gasteiger partial charge in [0.2, 0.25) is 5.91 Å². The van der Waals surface area contributed by atoms with E-state index in [1.54, 1.807) is 29.2 Å². The topological polar surface area (TPSA) is 107 Å². The first-order valence-corrected chi connectivity index (χ1v) is 11.9. The van der Waals surface area contributed by atoms with Gasteiger partial charge in [0.05, 0.1) is 19.0 Å². The molecule has 0 saturated carbocycles. The summed E-state index contributed by atoms with van der Waals surface area (Å²) in [6.07, 6.45) is 0. The van der Waals surface area contributed by atoms with Crippen molar-refractivity contribution in [2.24, 2.45) is 0 Å². The smallest absolute Gasteiger partial charge is 0.277 e. The third-order valence-corrected chi connectivity index (χ3v) is 6.19. The fraction of sp³-hybridized carbons (Fsp3) is 0.333. The molecule has 0 atom stereocenters. The van der Waals surface area contributed by atoms with Crippen LogP contribution in [-0.2, 0) is 16.1 Å². The maximum atomic E-state index is 12.6. The van der Waals surface area contributed by atoms with Crippen molar-refractivity contribution >= 4 is 29.3 Å². The summed E-state index contributed by atoms with van der Waals surface area (Å²) in [5, 5.41) is 11.0. The van der Waals surface area contributed by atoms with Gasteiger partial charge < -0.3 is 24.1 Å². The molecular formula is C24H26N4O5S. The summed E-state index contributed by atoms with van der Waals surface area (Å²) in [7, 11) is 0. The SMILES string of the molecule is Cc1cccc(OCc2nnc(SCC(=O)Nc3cccc(C(=O)N4CCOCC4)c3)o2)c1C. The number of carbonyl (C=O) groups excluding carboxylic acids is 2. The number of benzene rings is 2. The van der Waals surface area contributed by atoms with Crippen LogP contribution in [0.25, 0.3) is 0 Å². The minimum absolute atomic E-state index is 0.0739. The number of hydrogen-bond acceptors (Lipinski definition) is 8. The monoisotopic (exact) mass is 482 g/mol. The molecule has 34 heavy (non-hydrogen) atoms. The minimum atomic E-state index is -0.243. The van der Waals surface area contributed by atoms with Crippen LogP contribution in [0.2, 0.25) is 0 Å². The maximum absolute atomic E-state index is 12.6. The molecule has 0 unspecified atom stereocenters. The molecule has 1 aliphatic heterocycles. The van der Waals surface area contributed by atoms with Gasteiger partial charge >= 0.3 is 0 Å². The fourth-order valence-electron chi connectivity index (χ4n) is 3.38. The normalized spacial score (nSPS) is 13.5. The van der Waals surface area contributed by atoms with Gasteiger partial charge in [-0.15, -0.1) is 10.2 Å². The molecule has 2 aromatic carbocycles. The highest BCUT2D eigenvalue weighted by Gasteiger charge is 2.19. The second kappa shape index (κ2) is 11.2. The number of amides is 2. The molecule has 0 aliphatic carbocycles. The molecule has 178 valence electrons. The van der Waals surface area contributed by atoms with Crippen LogP contribution in [0, 0.1) is 13.8 Å². The Morgan fingerprint density at radius 2 is 1.91 bits per heavy atom. The number of nitrogens with one attached hydrogen (secondary N) is 1. The van der Waals surface area contributed by atoms with Crippen molar-refractivity contribution in [1.29, 1.82) is 0 Å². The first kappa shape index (κ1) is 23.8. The van der Waals surface area contributed by atoms with Gasteiger partial charge in [-0.25, -0.2) is 0 Å². The average molecular weight is 483 g/mol. The van der Waals surface area contributed by atoms with Crippen molar-refractivity contribution < 1.29 is 23.5 Å². The molecule has 0 bridgehead atoms. The fourth-order valence-corrected chi connectivity index (χ4v) is 3.96. The van der Waals surface area contributed by atoms with Crippen LogP contribution in [0.3, 0.4) is 0 Å². The largest absolute Gasteiger partial charge is 0.484 e. The number of carbonyl (C=O) groups is 2. The lowest BCUT2D eigenvalue weighted by Crippen LogP contribution is -2.40. The molecule has 4 rings (SSSR count). The van der Waals surface area contributed by atoms with E-state index in [1.807, 2.05) is 32.0 Å². The second-order valence-corrected chi connectivity index (χ2v) is 8.70. The Morgan fingerprint density at radius 3 is 2.74 bits per heavy atom. The van der Waals surface area contributed by atoms with Crippen molar-refractivity contribution in [3.8, 4) is 5.75 Å². The maximum Gasteiger partial charge on any atom is 0.277 e. The first-order chi connectivity index (χ1) is 16.5. The Morgan fingerprint density at radius 1 is 1.12 bits per heavy atom. The van der Waals surface area contributed by atoms with Gasteiger partial charge in [0, 0.05) is 24.3 Å². The standard InChI is InChI=1S/C24H26N4O5S/c1-16-5-3-8-20(17(16)2)32-14-22-26-27-24(33-22)34-15-21(29)25-19-7-4-6-18(13-19)23(30)28-9-11-31-12-10-28/h3-8,13H,9-12,14-15H2,1-2H3,(H,25,29). The Hall–Kier alpha value is -3.37.